The number of aryl methyl sites for hydroxylation is 1. The number of Topliss-reactive ketones (excluding diaryl/α,β-unsaturated/α-hetero) is 1. The molecule has 1 aromatic heterocycles. The molecule has 2 aliphatic rings. The Morgan fingerprint density at radius 2 is 1.57 bits per heavy atom. The number of hydrogen-bond donors (Lipinski definition) is 5. The number of ether oxygens (including phenoxy) is 5. The second kappa shape index (κ2) is 30.6. The molecule has 0 saturated carbocycles. The van der Waals surface area contributed by atoms with Crippen LogP contribution in [0.4, 0.5) is 14.5 Å². The molecular formula is C64H77Cl2F2N7O11S. The molecule has 468 valence electrons. The number of aliphatic hydroxyl groups is 1. The molecule has 0 spiro atoms. The van der Waals surface area contributed by atoms with Crippen molar-refractivity contribution in [2.24, 2.45) is 10.8 Å². The smallest absolute Gasteiger partial charge is 0.246 e. The highest BCUT2D eigenvalue weighted by atomic mass is 35.5. The van der Waals surface area contributed by atoms with Crippen LogP contribution in [-0.2, 0) is 50.1 Å². The first kappa shape index (κ1) is 68.0. The third-order valence-electron chi connectivity index (χ3n) is 15.3. The molecule has 4 aromatic carbocycles. The van der Waals surface area contributed by atoms with Gasteiger partial charge in [0.05, 0.1) is 91.8 Å². The number of anilines is 1. The van der Waals surface area contributed by atoms with Gasteiger partial charge in [-0.2, -0.15) is 5.26 Å². The number of methoxy groups -OCH3 is 1. The molecule has 5 aromatic rings. The maximum absolute atomic E-state index is 16.2. The van der Waals surface area contributed by atoms with Gasteiger partial charge in [0.2, 0.25) is 23.6 Å². The second-order valence-electron chi connectivity index (χ2n) is 24.0. The SMILES string of the molecule is COc1cc(C(=O)CCCOCCOCCOCCOCC(=O)N[C@H](C(=O)N2C[C@H](O)C[C@H]2C(=O)NCc2ccc(-c3scnc3C)cc2)C(C)(C)C)ccc1NC(=O)[C@@H]1N[C@@H](CC(C)(C)C)[C@](C#N)(c2ccc(Cl)cc2F)[C@H]1c1cccc(Cl)c1F. The average Bonchev–Trinajstić information content (AvgIpc) is 1.60. The number of nitrogens with one attached hydrogen (secondary N) is 4. The first-order valence-electron chi connectivity index (χ1n) is 28.8. The minimum atomic E-state index is -1.83. The molecule has 0 aliphatic carbocycles. The van der Waals surface area contributed by atoms with Crippen molar-refractivity contribution < 1.29 is 61.5 Å². The van der Waals surface area contributed by atoms with Crippen LogP contribution in [0.3, 0.4) is 0 Å². The lowest BCUT2D eigenvalue weighted by molar-refractivity contribution is -0.144. The normalized spacial score (nSPS) is 19.8. The molecule has 5 N–H and O–H groups in total. The van der Waals surface area contributed by atoms with E-state index in [-0.39, 0.29) is 124 Å². The zero-order valence-corrected chi connectivity index (χ0v) is 52.6. The molecule has 3 heterocycles. The van der Waals surface area contributed by atoms with Gasteiger partial charge in [0.1, 0.15) is 41.5 Å². The van der Waals surface area contributed by atoms with Gasteiger partial charge in [0.15, 0.2) is 5.78 Å². The predicted octanol–water partition coefficient (Wildman–Crippen LogP) is 9.51. The molecule has 23 heteroatoms. The van der Waals surface area contributed by atoms with Crippen LogP contribution in [0.1, 0.15) is 106 Å². The van der Waals surface area contributed by atoms with Crippen LogP contribution < -0.4 is 26.0 Å². The first-order valence-corrected chi connectivity index (χ1v) is 30.4. The molecule has 4 amide bonds. The summed E-state index contributed by atoms with van der Waals surface area (Å²) in [7, 11) is 1.38. The van der Waals surface area contributed by atoms with Crippen molar-refractivity contribution in [3.63, 3.8) is 0 Å². The van der Waals surface area contributed by atoms with Crippen molar-refractivity contribution in [2.45, 2.75) is 122 Å². The van der Waals surface area contributed by atoms with Crippen molar-refractivity contribution in [1.29, 1.82) is 5.26 Å². The molecule has 87 heavy (non-hydrogen) atoms. The lowest BCUT2D eigenvalue weighted by Crippen LogP contribution is -2.58. The van der Waals surface area contributed by atoms with Gasteiger partial charge in [-0.05, 0) is 83.7 Å². The number of benzene rings is 4. The molecule has 0 unspecified atom stereocenters. The summed E-state index contributed by atoms with van der Waals surface area (Å²) >= 11 is 14.0. The molecule has 7 rings (SSSR count). The number of hydrogen-bond acceptors (Lipinski definition) is 15. The highest BCUT2D eigenvalue weighted by molar-refractivity contribution is 7.13. The number of carbonyl (C=O) groups is 5. The van der Waals surface area contributed by atoms with E-state index in [9.17, 15) is 34.3 Å². The number of likely N-dealkylation sites (tertiary alicyclic amines) is 1. The molecule has 0 bridgehead atoms. The van der Waals surface area contributed by atoms with Crippen LogP contribution in [0.5, 0.6) is 5.75 Å². The third kappa shape index (κ3) is 17.5. The maximum atomic E-state index is 16.2. The summed E-state index contributed by atoms with van der Waals surface area (Å²) in [5.74, 6) is -5.02. The average molecular weight is 1260 g/mol. The number of ketones is 1. The summed E-state index contributed by atoms with van der Waals surface area (Å²) in [5, 5.41) is 33.5. The quantitative estimate of drug-likeness (QED) is 0.0232. The van der Waals surface area contributed by atoms with Crippen LogP contribution >= 0.6 is 34.5 Å². The molecule has 2 fully saturated rings. The number of amides is 4. The summed E-state index contributed by atoms with van der Waals surface area (Å²) < 4.78 is 60.3. The number of aromatic nitrogens is 1. The monoisotopic (exact) mass is 1260 g/mol. The van der Waals surface area contributed by atoms with E-state index in [2.05, 4.69) is 32.3 Å². The van der Waals surface area contributed by atoms with Gasteiger partial charge in [0, 0.05) is 60.6 Å². The van der Waals surface area contributed by atoms with Crippen molar-refractivity contribution in [1.82, 2.24) is 25.8 Å². The Labute approximate surface area is 520 Å². The predicted molar refractivity (Wildman–Crippen MR) is 328 cm³/mol. The number of halogens is 4. The van der Waals surface area contributed by atoms with E-state index in [0.29, 0.717) is 12.0 Å². The topological polar surface area (TPSA) is 240 Å². The number of nitrogens with zero attached hydrogens (tertiary/aromatic N) is 3. The van der Waals surface area contributed by atoms with Gasteiger partial charge in [-0.25, -0.2) is 13.8 Å². The summed E-state index contributed by atoms with van der Waals surface area (Å²) in [5.41, 5.74) is 2.05. The van der Waals surface area contributed by atoms with E-state index in [1.165, 1.54) is 54.5 Å². The van der Waals surface area contributed by atoms with Crippen LogP contribution in [0.2, 0.25) is 10.0 Å². The number of rotatable bonds is 28. The van der Waals surface area contributed by atoms with E-state index in [1.807, 2.05) is 52.0 Å². The van der Waals surface area contributed by atoms with Crippen molar-refractivity contribution in [3.05, 3.63) is 134 Å². The van der Waals surface area contributed by atoms with Crippen molar-refractivity contribution in [3.8, 4) is 22.3 Å². The zero-order valence-electron chi connectivity index (χ0n) is 50.2. The van der Waals surface area contributed by atoms with Crippen molar-refractivity contribution in [2.75, 3.05) is 71.8 Å². The van der Waals surface area contributed by atoms with Gasteiger partial charge in [-0.3, -0.25) is 24.0 Å². The third-order valence-corrected chi connectivity index (χ3v) is 16.8. The fourth-order valence-electron chi connectivity index (χ4n) is 11.0. The van der Waals surface area contributed by atoms with Gasteiger partial charge < -0.3 is 55.0 Å². The van der Waals surface area contributed by atoms with E-state index in [1.54, 1.807) is 43.7 Å². The number of carbonyl (C=O) groups excluding carboxylic acids is 5. The first-order chi connectivity index (χ1) is 41.4. The van der Waals surface area contributed by atoms with E-state index in [0.717, 1.165) is 27.8 Å². The summed E-state index contributed by atoms with van der Waals surface area (Å²) in [4.78, 5) is 75.1. The molecule has 0 radical (unpaired) electrons. The largest absolute Gasteiger partial charge is 0.495 e. The Hall–Kier alpha value is -6.45. The van der Waals surface area contributed by atoms with Gasteiger partial charge >= 0.3 is 0 Å². The van der Waals surface area contributed by atoms with Gasteiger partial charge in [-0.1, -0.05) is 107 Å². The Balaban J connectivity index is 0.795. The number of aliphatic hydroxyl groups excluding tert-OH is 1. The molecule has 18 nitrogen and oxygen atoms in total. The fourth-order valence-corrected chi connectivity index (χ4v) is 12.2. The molecule has 2 aliphatic heterocycles. The minimum Gasteiger partial charge on any atom is -0.495 e. The lowest BCUT2D eigenvalue weighted by Gasteiger charge is -2.37. The van der Waals surface area contributed by atoms with Crippen LogP contribution in [0.25, 0.3) is 10.4 Å². The summed E-state index contributed by atoms with van der Waals surface area (Å²) in [6.45, 7) is 14.6. The van der Waals surface area contributed by atoms with E-state index in [4.69, 9.17) is 46.9 Å². The molecule has 2 saturated heterocycles. The second-order valence-corrected chi connectivity index (χ2v) is 25.7. The Morgan fingerprint density at radius 3 is 2.20 bits per heavy atom. The van der Waals surface area contributed by atoms with E-state index >= 15 is 8.78 Å². The highest BCUT2D eigenvalue weighted by Gasteiger charge is 2.61. The Bertz CT molecular complexity index is 3260. The number of nitriles is 1. The lowest BCUT2D eigenvalue weighted by atomic mass is 9.62. The zero-order chi connectivity index (χ0) is 63.2. The van der Waals surface area contributed by atoms with Crippen LogP contribution in [-0.4, -0.2) is 141 Å². The number of β-amino-alcohol motifs (C(OH)–C–C–N with tert-alkyl or cyclic N) is 1. The number of thiazole rings is 1. The Kier molecular flexibility index (Phi) is 24.0. The molecule has 7 atom stereocenters. The Morgan fingerprint density at radius 1 is 0.897 bits per heavy atom. The van der Waals surface area contributed by atoms with Gasteiger partial charge in [-0.15, -0.1) is 11.3 Å². The van der Waals surface area contributed by atoms with Crippen LogP contribution in [0, 0.1) is 40.7 Å². The summed E-state index contributed by atoms with van der Waals surface area (Å²) in [6.07, 6.45) is -0.00511. The molecular weight excluding hydrogens is 1180 g/mol. The summed E-state index contributed by atoms with van der Waals surface area (Å²) in [6, 6.07) is 18.9. The van der Waals surface area contributed by atoms with Crippen molar-refractivity contribution >= 4 is 69.6 Å². The standard InChI is InChI=1S/C64H77Cl2F2N7O11S/c1-38-57(87-37-71-38)40-16-14-39(15-17-40)33-70-59(79)49-31-43(76)34-75(49)61(81)58(63(5,6)7)74-53(78)35-86-28-27-85-26-25-84-24-23-83-22-10-13-50(77)41-18-21-48(51(29-41)82-8)72-60(80)56-54(44-11-9-12-46(66)55(44)68)64(36-69,52(73-56)32-62(2,3)4)45-20-19-42(65)30-47(45)67/h9,11-12,14-21,29-30,37,43,49,52,54,56,58,73,76H,10,13,22-28,31-35H2,1-8H3,(H,70,79)(H,72,80)(H,74,78)/t43-,49+,52+,54+,56-,58-,64+/m1/s1. The van der Waals surface area contributed by atoms with Crippen LogP contribution in [0.15, 0.2) is 84.4 Å². The highest BCUT2D eigenvalue weighted by Crippen LogP contribution is 2.53. The van der Waals surface area contributed by atoms with Gasteiger partial charge in [0.25, 0.3) is 0 Å². The minimum absolute atomic E-state index is 0.0489. The fraction of sp³-hybridized carbons (Fsp3) is 0.484. The van der Waals surface area contributed by atoms with E-state index < -0.39 is 87.7 Å². The maximum Gasteiger partial charge on any atom is 0.246 e.